The Labute approximate surface area is 108 Å². The second-order valence-electron chi connectivity index (χ2n) is 4.16. The zero-order chi connectivity index (χ0) is 13.5. The fourth-order valence-corrected chi connectivity index (χ4v) is 1.26. The van der Waals surface area contributed by atoms with Crippen LogP contribution in [0.1, 0.15) is 59.8 Å². The Morgan fingerprint density at radius 1 is 1.12 bits per heavy atom. The SMILES string of the molecule is C=C(C)/C=C(\C=C/C)OC.CCCCCCC. The fraction of sp³-hybridized carbons (Fsp3) is 0.625. The van der Waals surface area contributed by atoms with Gasteiger partial charge in [0.15, 0.2) is 0 Å². The molecule has 0 aromatic rings. The highest BCUT2D eigenvalue weighted by Gasteiger charge is 1.86. The Morgan fingerprint density at radius 2 is 1.65 bits per heavy atom. The molecule has 0 fully saturated rings. The molecule has 0 saturated carbocycles. The summed E-state index contributed by atoms with van der Waals surface area (Å²) in [6.07, 6.45) is 12.7. The van der Waals surface area contributed by atoms with Crippen LogP contribution < -0.4 is 0 Å². The molecule has 0 radical (unpaired) electrons. The van der Waals surface area contributed by atoms with Gasteiger partial charge >= 0.3 is 0 Å². The maximum Gasteiger partial charge on any atom is 0.118 e. The van der Waals surface area contributed by atoms with Gasteiger partial charge in [-0.3, -0.25) is 0 Å². The third-order valence-corrected chi connectivity index (χ3v) is 2.16. The van der Waals surface area contributed by atoms with Gasteiger partial charge in [0.05, 0.1) is 7.11 Å². The molecule has 0 aliphatic rings. The molecule has 0 amide bonds. The first kappa shape index (κ1) is 18.4. The molecule has 1 nitrogen and oxygen atoms in total. The quantitative estimate of drug-likeness (QED) is 0.316. The molecule has 0 bridgehead atoms. The summed E-state index contributed by atoms with van der Waals surface area (Å²) in [5.41, 5.74) is 0.995. The molecule has 0 aliphatic carbocycles. The van der Waals surface area contributed by atoms with E-state index in [1.165, 1.54) is 32.1 Å². The van der Waals surface area contributed by atoms with Crippen LogP contribution in [0.25, 0.3) is 0 Å². The third-order valence-electron chi connectivity index (χ3n) is 2.16. The predicted molar refractivity (Wildman–Crippen MR) is 79.2 cm³/mol. The van der Waals surface area contributed by atoms with Crippen molar-refractivity contribution in [1.29, 1.82) is 0 Å². The van der Waals surface area contributed by atoms with Gasteiger partial charge in [0, 0.05) is 0 Å². The third kappa shape index (κ3) is 17.6. The summed E-state index contributed by atoms with van der Waals surface area (Å²) in [5, 5.41) is 0. The molecule has 0 rings (SSSR count). The molecule has 0 spiro atoms. The summed E-state index contributed by atoms with van der Waals surface area (Å²) < 4.78 is 5.02. The Morgan fingerprint density at radius 3 is 1.94 bits per heavy atom. The first-order valence-electron chi connectivity index (χ1n) is 6.66. The van der Waals surface area contributed by atoms with Crippen LogP contribution in [0.5, 0.6) is 0 Å². The lowest BCUT2D eigenvalue weighted by molar-refractivity contribution is 0.306. The van der Waals surface area contributed by atoms with Gasteiger partial charge in [-0.2, -0.15) is 0 Å². The molecular weight excluding hydrogens is 208 g/mol. The van der Waals surface area contributed by atoms with Crippen LogP contribution in [0.15, 0.2) is 36.1 Å². The second-order valence-corrected chi connectivity index (χ2v) is 4.16. The van der Waals surface area contributed by atoms with Crippen molar-refractivity contribution in [2.24, 2.45) is 0 Å². The van der Waals surface area contributed by atoms with Gasteiger partial charge in [0.1, 0.15) is 5.76 Å². The van der Waals surface area contributed by atoms with E-state index < -0.39 is 0 Å². The molecular formula is C16H30O. The van der Waals surface area contributed by atoms with Crippen LogP contribution in [0.4, 0.5) is 0 Å². The summed E-state index contributed by atoms with van der Waals surface area (Å²) in [5.74, 6) is 0.843. The monoisotopic (exact) mass is 238 g/mol. The van der Waals surface area contributed by atoms with Crippen molar-refractivity contribution < 1.29 is 4.74 Å². The molecule has 0 heterocycles. The summed E-state index contributed by atoms with van der Waals surface area (Å²) in [6, 6.07) is 0. The number of rotatable bonds is 7. The van der Waals surface area contributed by atoms with E-state index in [-0.39, 0.29) is 0 Å². The highest BCUT2D eigenvalue weighted by molar-refractivity contribution is 5.22. The standard InChI is InChI=1S/C9H14O.C7H16/c1-5-6-9(10-4)7-8(2)3;1-3-5-7-6-4-2/h5-7H,2H2,1,3-4H3;3-7H2,1-2H3/b6-5-,9-7+;. The molecule has 0 aromatic carbocycles. The Hall–Kier alpha value is -0.980. The van der Waals surface area contributed by atoms with Crippen LogP contribution in [0.3, 0.4) is 0 Å². The minimum absolute atomic E-state index is 0.843. The molecule has 0 unspecified atom stereocenters. The second kappa shape index (κ2) is 15.0. The van der Waals surface area contributed by atoms with Crippen molar-refractivity contribution in [2.75, 3.05) is 7.11 Å². The zero-order valence-corrected chi connectivity index (χ0v) is 12.4. The number of ether oxygens (including phenoxy) is 1. The predicted octanol–water partition coefficient (Wildman–Crippen LogP) is 5.65. The lowest BCUT2D eigenvalue weighted by Crippen LogP contribution is -1.81. The van der Waals surface area contributed by atoms with Gasteiger partial charge in [-0.1, -0.05) is 64.2 Å². The first-order chi connectivity index (χ1) is 8.12. The number of hydrogen-bond acceptors (Lipinski definition) is 1. The molecule has 0 N–H and O–H groups in total. The van der Waals surface area contributed by atoms with E-state index in [1.807, 2.05) is 32.1 Å². The van der Waals surface area contributed by atoms with Crippen LogP contribution in [-0.4, -0.2) is 7.11 Å². The smallest absolute Gasteiger partial charge is 0.118 e. The first-order valence-corrected chi connectivity index (χ1v) is 6.66. The van der Waals surface area contributed by atoms with E-state index in [4.69, 9.17) is 4.74 Å². The molecule has 0 saturated heterocycles. The summed E-state index contributed by atoms with van der Waals surface area (Å²) >= 11 is 0. The average molecular weight is 238 g/mol. The summed E-state index contributed by atoms with van der Waals surface area (Å²) in [7, 11) is 1.65. The minimum Gasteiger partial charge on any atom is -0.497 e. The molecule has 17 heavy (non-hydrogen) atoms. The zero-order valence-electron chi connectivity index (χ0n) is 12.4. The van der Waals surface area contributed by atoms with Crippen molar-refractivity contribution >= 4 is 0 Å². The van der Waals surface area contributed by atoms with Crippen molar-refractivity contribution in [3.8, 4) is 0 Å². The normalized spacial score (nSPS) is 11.0. The van der Waals surface area contributed by atoms with E-state index in [1.54, 1.807) is 7.11 Å². The lowest BCUT2D eigenvalue weighted by atomic mass is 10.2. The van der Waals surface area contributed by atoms with Gasteiger partial charge in [-0.25, -0.2) is 0 Å². The minimum atomic E-state index is 0.843. The van der Waals surface area contributed by atoms with Crippen LogP contribution in [0.2, 0.25) is 0 Å². The van der Waals surface area contributed by atoms with Gasteiger partial charge in [0.2, 0.25) is 0 Å². The number of hydrogen-bond donors (Lipinski definition) is 0. The van der Waals surface area contributed by atoms with E-state index in [0.717, 1.165) is 11.3 Å². The van der Waals surface area contributed by atoms with Crippen molar-refractivity contribution in [3.05, 3.63) is 36.1 Å². The van der Waals surface area contributed by atoms with Crippen molar-refractivity contribution in [1.82, 2.24) is 0 Å². The van der Waals surface area contributed by atoms with Crippen molar-refractivity contribution in [2.45, 2.75) is 59.8 Å². The van der Waals surface area contributed by atoms with Gasteiger partial charge < -0.3 is 4.74 Å². The van der Waals surface area contributed by atoms with E-state index in [9.17, 15) is 0 Å². The highest BCUT2D eigenvalue weighted by Crippen LogP contribution is 2.02. The fourth-order valence-electron chi connectivity index (χ4n) is 1.26. The van der Waals surface area contributed by atoms with Gasteiger partial charge in [-0.05, 0) is 26.0 Å². The average Bonchev–Trinajstić information content (AvgIpc) is 2.29. The summed E-state index contributed by atoms with van der Waals surface area (Å²) in [4.78, 5) is 0. The molecule has 100 valence electrons. The van der Waals surface area contributed by atoms with Gasteiger partial charge in [0.25, 0.3) is 0 Å². The Kier molecular flexibility index (Phi) is 16.2. The van der Waals surface area contributed by atoms with Crippen LogP contribution >= 0.6 is 0 Å². The van der Waals surface area contributed by atoms with Crippen molar-refractivity contribution in [3.63, 3.8) is 0 Å². The van der Waals surface area contributed by atoms with E-state index in [2.05, 4.69) is 20.4 Å². The molecule has 1 heteroatoms. The number of allylic oxidation sites excluding steroid dienone is 4. The lowest BCUT2D eigenvalue weighted by Gasteiger charge is -1.98. The maximum atomic E-state index is 5.02. The summed E-state index contributed by atoms with van der Waals surface area (Å²) in [6.45, 7) is 12.1. The van der Waals surface area contributed by atoms with Gasteiger partial charge in [-0.15, -0.1) is 0 Å². The molecule has 0 aromatic heterocycles. The molecule has 0 atom stereocenters. The Bertz CT molecular complexity index is 220. The Balaban J connectivity index is 0. The molecule has 0 aliphatic heterocycles. The van der Waals surface area contributed by atoms with Crippen LogP contribution in [-0.2, 0) is 4.74 Å². The number of unbranched alkanes of at least 4 members (excludes halogenated alkanes) is 4. The topological polar surface area (TPSA) is 9.23 Å². The van der Waals surface area contributed by atoms with E-state index in [0.29, 0.717) is 0 Å². The number of methoxy groups -OCH3 is 1. The maximum absolute atomic E-state index is 5.02. The van der Waals surface area contributed by atoms with E-state index >= 15 is 0 Å². The largest absolute Gasteiger partial charge is 0.497 e. The highest BCUT2D eigenvalue weighted by atomic mass is 16.5. The van der Waals surface area contributed by atoms with Crippen LogP contribution in [0, 0.1) is 0 Å².